The van der Waals surface area contributed by atoms with Crippen molar-refractivity contribution in [1.82, 2.24) is 4.90 Å². The third-order valence-electron chi connectivity index (χ3n) is 8.92. The van der Waals surface area contributed by atoms with Gasteiger partial charge in [-0.1, -0.05) is 33.6 Å². The molecule has 1 aromatic carbocycles. The second-order valence-corrected chi connectivity index (χ2v) is 11.3. The Labute approximate surface area is 190 Å². The molecule has 32 heavy (non-hydrogen) atoms. The van der Waals surface area contributed by atoms with Crippen molar-refractivity contribution < 1.29 is 24.7 Å². The van der Waals surface area contributed by atoms with Crippen LogP contribution in [0.3, 0.4) is 0 Å². The van der Waals surface area contributed by atoms with Gasteiger partial charge in [-0.2, -0.15) is 0 Å². The highest BCUT2D eigenvalue weighted by Crippen LogP contribution is 2.60. The second-order valence-electron chi connectivity index (χ2n) is 11.3. The molecule has 2 aliphatic carbocycles. The molecule has 174 valence electrons. The molecule has 2 fully saturated rings. The highest BCUT2D eigenvalue weighted by Gasteiger charge is 2.52. The summed E-state index contributed by atoms with van der Waals surface area (Å²) in [6.45, 7) is 9.18. The van der Waals surface area contributed by atoms with Crippen molar-refractivity contribution in [2.75, 3.05) is 13.1 Å². The summed E-state index contributed by atoms with van der Waals surface area (Å²) in [5.74, 6) is 0.503. The van der Waals surface area contributed by atoms with E-state index in [0.29, 0.717) is 16.9 Å². The second kappa shape index (κ2) is 7.68. The van der Waals surface area contributed by atoms with E-state index in [4.69, 9.17) is 4.42 Å². The zero-order chi connectivity index (χ0) is 22.8. The van der Waals surface area contributed by atoms with E-state index in [-0.39, 0.29) is 28.1 Å². The Balaban J connectivity index is 1.81. The van der Waals surface area contributed by atoms with Gasteiger partial charge in [-0.05, 0) is 74.4 Å². The molecule has 1 aromatic heterocycles. The minimum absolute atomic E-state index is 0.129. The lowest BCUT2D eigenvalue weighted by Gasteiger charge is -2.50. The number of benzene rings is 1. The zero-order valence-electron chi connectivity index (χ0n) is 19.5. The normalized spacial score (nSPS) is 30.5. The Bertz CT molecular complexity index is 1030. The topological polar surface area (TPSA) is 97.3 Å². The lowest BCUT2D eigenvalue weighted by atomic mass is 9.53. The fraction of sp³-hybridized carbons (Fsp3) is 0.680. The highest BCUT2D eigenvalue weighted by atomic mass is 16.4. The van der Waals surface area contributed by atoms with Gasteiger partial charge in [0.2, 0.25) is 0 Å². The Kier molecular flexibility index (Phi) is 5.30. The van der Waals surface area contributed by atoms with Gasteiger partial charge in [-0.15, -0.1) is 0 Å². The summed E-state index contributed by atoms with van der Waals surface area (Å²) >= 11 is 0. The molecule has 3 atom stereocenters. The quantitative estimate of drug-likeness (QED) is 0.417. The van der Waals surface area contributed by atoms with Gasteiger partial charge in [-0.3, -0.25) is 4.90 Å². The summed E-state index contributed by atoms with van der Waals surface area (Å²) in [4.78, 5) is 2.53. The minimum Gasteiger partial charge on any atom is -0.504 e. The van der Waals surface area contributed by atoms with Gasteiger partial charge in [0, 0.05) is 10.9 Å². The summed E-state index contributed by atoms with van der Waals surface area (Å²) in [6, 6.07) is 1.70. The number of rotatable bonds is 2. The molecule has 0 radical (unpaired) electrons. The number of aromatic hydroxyl groups is 2. The average molecular weight is 441 g/mol. The van der Waals surface area contributed by atoms with Crippen LogP contribution in [0.25, 0.3) is 11.0 Å². The third kappa shape index (κ3) is 3.19. The van der Waals surface area contributed by atoms with E-state index in [1.165, 1.54) is 25.7 Å². The van der Waals surface area contributed by atoms with Crippen molar-refractivity contribution in [3.63, 3.8) is 0 Å². The maximum atomic E-state index is 10.5. The van der Waals surface area contributed by atoms with Crippen molar-refractivity contribution in [1.29, 1.82) is 0 Å². The molecule has 2 heterocycles. The number of piperidine rings is 1. The van der Waals surface area contributed by atoms with Gasteiger partial charge in [0.1, 0.15) is 11.3 Å². The van der Waals surface area contributed by atoms with Gasteiger partial charge in [0.05, 0.1) is 11.5 Å². The Morgan fingerprint density at radius 2 is 1.72 bits per heavy atom. The maximum absolute atomic E-state index is 10.5. The van der Waals surface area contributed by atoms with E-state index in [1.54, 1.807) is 6.07 Å². The van der Waals surface area contributed by atoms with Crippen LogP contribution in [-0.2, 0) is 5.41 Å². The number of phenolic OH excluding ortho intramolecular Hbond substituents is 2. The molecule has 5 rings (SSSR count). The van der Waals surface area contributed by atoms with E-state index >= 15 is 0 Å². The molecule has 7 heteroatoms. The predicted octanol–water partition coefficient (Wildman–Crippen LogP) is 3.93. The molecule has 3 aliphatic rings. The fourth-order valence-electron chi connectivity index (χ4n) is 7.48. The summed E-state index contributed by atoms with van der Waals surface area (Å²) in [5.41, 5.74) is 1.31. The Morgan fingerprint density at radius 1 is 1.00 bits per heavy atom. The molecule has 2 aromatic rings. The van der Waals surface area contributed by atoms with Crippen LogP contribution >= 0.6 is 0 Å². The average Bonchev–Trinajstić information content (AvgIpc) is 3.03. The highest BCUT2D eigenvalue weighted by molar-refractivity contribution is 6.63. The predicted molar refractivity (Wildman–Crippen MR) is 125 cm³/mol. The first-order valence-corrected chi connectivity index (χ1v) is 12.3. The van der Waals surface area contributed by atoms with E-state index in [2.05, 4.69) is 25.7 Å². The number of furan rings is 1. The van der Waals surface area contributed by atoms with E-state index < -0.39 is 12.9 Å². The van der Waals surface area contributed by atoms with Crippen molar-refractivity contribution in [3.8, 4) is 11.5 Å². The number of hydrogen-bond donors (Lipinski definition) is 4. The van der Waals surface area contributed by atoms with Crippen molar-refractivity contribution >= 4 is 23.6 Å². The summed E-state index contributed by atoms with van der Waals surface area (Å²) in [7, 11) is -1.93. The fourth-order valence-corrected chi connectivity index (χ4v) is 7.48. The van der Waals surface area contributed by atoms with Gasteiger partial charge in [0.25, 0.3) is 0 Å². The summed E-state index contributed by atoms with van der Waals surface area (Å²) in [5, 5.41) is 41.8. The first kappa shape index (κ1) is 22.1. The SMILES string of the molecule is CC1(C)CCCC2(C)c3c(oc4c(B(O)O)c(O)c(O)cc34)C(N3CCCCC3)CCC12. The van der Waals surface area contributed by atoms with Gasteiger partial charge in [0.15, 0.2) is 11.5 Å². The molecular formula is C25H36BNO5. The molecule has 3 unspecified atom stereocenters. The molecule has 6 nitrogen and oxygen atoms in total. The number of phenols is 2. The monoisotopic (exact) mass is 441 g/mol. The lowest BCUT2D eigenvalue weighted by molar-refractivity contribution is 0.0462. The largest absolute Gasteiger partial charge is 0.504 e. The summed E-state index contributed by atoms with van der Waals surface area (Å²) < 4.78 is 6.51. The van der Waals surface area contributed by atoms with Crippen LogP contribution in [0.1, 0.15) is 89.5 Å². The maximum Gasteiger partial charge on any atom is 0.496 e. The molecule has 1 aliphatic heterocycles. The standard InChI is InChI=1S/C25H36BNO5/c1-24(2)10-7-11-25(3)18(24)9-8-16(27-12-5-4-6-13-27)23-19(25)15-14-17(28)21(29)20(26(30)31)22(15)32-23/h14,16,18,28-31H,4-13H2,1-3H3. The number of hydrogen-bond acceptors (Lipinski definition) is 6. The number of nitrogens with zero attached hydrogens (tertiary/aromatic N) is 1. The Hall–Kier alpha value is -1.70. The molecule has 4 N–H and O–H groups in total. The molecule has 0 amide bonds. The van der Waals surface area contributed by atoms with Gasteiger partial charge < -0.3 is 24.7 Å². The van der Waals surface area contributed by atoms with Crippen molar-refractivity contribution in [2.24, 2.45) is 11.3 Å². The molecule has 1 saturated heterocycles. The zero-order valence-corrected chi connectivity index (χ0v) is 19.5. The molecular weight excluding hydrogens is 405 g/mol. The van der Waals surface area contributed by atoms with Crippen LogP contribution in [0.5, 0.6) is 11.5 Å². The van der Waals surface area contributed by atoms with Crippen LogP contribution in [0.2, 0.25) is 0 Å². The van der Waals surface area contributed by atoms with Crippen LogP contribution in [0.15, 0.2) is 10.5 Å². The van der Waals surface area contributed by atoms with E-state index in [9.17, 15) is 20.3 Å². The number of likely N-dealkylation sites (tertiary alicyclic amines) is 1. The van der Waals surface area contributed by atoms with Crippen LogP contribution in [-0.4, -0.2) is 45.4 Å². The third-order valence-corrected chi connectivity index (χ3v) is 8.92. The first-order chi connectivity index (χ1) is 15.1. The van der Waals surface area contributed by atoms with Gasteiger partial charge >= 0.3 is 7.12 Å². The Morgan fingerprint density at radius 3 is 2.41 bits per heavy atom. The van der Waals surface area contributed by atoms with Crippen LogP contribution in [0.4, 0.5) is 0 Å². The van der Waals surface area contributed by atoms with Crippen molar-refractivity contribution in [3.05, 3.63) is 17.4 Å². The minimum atomic E-state index is -1.93. The lowest BCUT2D eigenvalue weighted by Crippen LogP contribution is -2.44. The smallest absolute Gasteiger partial charge is 0.496 e. The first-order valence-electron chi connectivity index (χ1n) is 12.3. The number of fused-ring (bicyclic) bond motifs is 5. The van der Waals surface area contributed by atoms with E-state index in [0.717, 1.165) is 50.1 Å². The molecule has 1 saturated carbocycles. The molecule has 0 spiro atoms. The van der Waals surface area contributed by atoms with Crippen LogP contribution < -0.4 is 5.46 Å². The van der Waals surface area contributed by atoms with Crippen LogP contribution in [0, 0.1) is 11.3 Å². The summed E-state index contributed by atoms with van der Waals surface area (Å²) in [6.07, 6.45) is 9.10. The van der Waals surface area contributed by atoms with Crippen molar-refractivity contribution in [2.45, 2.75) is 83.6 Å². The van der Waals surface area contributed by atoms with Gasteiger partial charge in [-0.25, -0.2) is 0 Å². The van der Waals surface area contributed by atoms with E-state index in [1.807, 2.05) is 0 Å². The molecule has 0 bridgehead atoms.